The molecular formula is C48H50Cl2N10O3. The van der Waals surface area contributed by atoms with E-state index in [2.05, 4.69) is 56.3 Å². The number of aromatic nitrogens is 5. The first-order valence-corrected chi connectivity index (χ1v) is 21.3. The molecule has 5 N–H and O–H groups in total. The molecule has 4 aromatic carbocycles. The summed E-state index contributed by atoms with van der Waals surface area (Å²) in [6.07, 6.45) is 7.84. The summed E-state index contributed by atoms with van der Waals surface area (Å²) in [7, 11) is 5.15. The van der Waals surface area contributed by atoms with Crippen molar-refractivity contribution in [1.29, 1.82) is 0 Å². The first-order valence-electron chi connectivity index (χ1n) is 20.5. The monoisotopic (exact) mass is 884 g/mol. The molecular weight excluding hydrogens is 836 g/mol. The van der Waals surface area contributed by atoms with Crippen molar-refractivity contribution in [3.05, 3.63) is 164 Å². The number of hydrogen-bond acceptors (Lipinski definition) is 10. The number of nitrogens with zero attached hydrogens (tertiary/aromatic N) is 7. The second-order valence-corrected chi connectivity index (χ2v) is 16.8. The van der Waals surface area contributed by atoms with Gasteiger partial charge in [-0.05, 0) is 94.6 Å². The maximum absolute atomic E-state index is 12.8. The fourth-order valence-electron chi connectivity index (χ4n) is 8.01. The van der Waals surface area contributed by atoms with E-state index in [1.165, 1.54) is 25.2 Å². The van der Waals surface area contributed by atoms with Gasteiger partial charge in [0.1, 0.15) is 30.6 Å². The highest BCUT2D eigenvalue weighted by molar-refractivity contribution is 6.31. The second-order valence-electron chi connectivity index (χ2n) is 15.9. The molecule has 1 unspecified atom stereocenters. The van der Waals surface area contributed by atoms with Gasteiger partial charge >= 0.3 is 0 Å². The highest BCUT2D eigenvalue weighted by Gasteiger charge is 2.35. The first kappa shape index (κ1) is 44.5. The molecule has 0 bridgehead atoms. The highest BCUT2D eigenvalue weighted by Crippen LogP contribution is 2.38. The van der Waals surface area contributed by atoms with Gasteiger partial charge in [0.05, 0.1) is 35.5 Å². The molecule has 63 heavy (non-hydrogen) atoms. The van der Waals surface area contributed by atoms with Crippen molar-refractivity contribution < 1.29 is 9.63 Å². The Balaban J connectivity index is 0.000000192. The average molecular weight is 886 g/mol. The number of rotatable bonds is 11. The third-order valence-corrected chi connectivity index (χ3v) is 11.9. The lowest BCUT2D eigenvalue weighted by Crippen LogP contribution is -2.41. The van der Waals surface area contributed by atoms with Crippen LogP contribution in [0.5, 0.6) is 0 Å². The SMILES string of the molecule is CO/N=C/c1c(N)ncnc1N1CCC(CC(=O)Nc2ccc(C(C)C)cc2)C1.Cn1cncc1[C@@](N)(c1ccc(Cl)cc1)c1ccc2c(c1)c(-c1cccc(Cl)c1)cc(=O)n2C. The van der Waals surface area contributed by atoms with E-state index in [9.17, 15) is 9.59 Å². The van der Waals surface area contributed by atoms with Crippen LogP contribution in [-0.2, 0) is 29.3 Å². The summed E-state index contributed by atoms with van der Waals surface area (Å²) in [4.78, 5) is 44.8. The number of oxime groups is 1. The average Bonchev–Trinajstić information content (AvgIpc) is 3.93. The number of nitrogens with two attached hydrogens (primary N) is 2. The first-order chi connectivity index (χ1) is 30.3. The van der Waals surface area contributed by atoms with Gasteiger partial charge in [-0.3, -0.25) is 9.59 Å². The molecule has 7 aromatic rings. The van der Waals surface area contributed by atoms with Gasteiger partial charge in [-0.25, -0.2) is 15.0 Å². The number of pyridine rings is 1. The molecule has 0 spiro atoms. The molecule has 8 rings (SSSR count). The Kier molecular flexibility index (Phi) is 13.6. The summed E-state index contributed by atoms with van der Waals surface area (Å²) in [5, 5.41) is 8.92. The van der Waals surface area contributed by atoms with E-state index in [-0.39, 0.29) is 17.4 Å². The third-order valence-electron chi connectivity index (χ3n) is 11.5. The van der Waals surface area contributed by atoms with Crippen LogP contribution in [0, 0.1) is 5.92 Å². The zero-order valence-corrected chi connectivity index (χ0v) is 37.3. The largest absolute Gasteiger partial charge is 0.399 e. The standard InChI is InChI=1S/C27H22Cl2N4O.C21H28N6O2/c1-32-16-31-15-25(32)27(30,18-6-9-20(28)10-7-18)19-8-11-24-23(13-19)22(14-26(34)33(24)2)17-4-3-5-21(29)12-17;1-14(2)16-4-6-17(7-5-16)26-19(28)10-15-8-9-27(12-15)21-18(11-25-29-3)20(22)23-13-24-21/h3-16H,30H2,1-2H3;4-7,11,13-15H,8-10,12H2,1-3H3,(H,26,28)(H2,22,23,24)/b;25-11+/t27-;/m1./s1. The van der Waals surface area contributed by atoms with Crippen LogP contribution < -0.4 is 27.2 Å². The summed E-state index contributed by atoms with van der Waals surface area (Å²) >= 11 is 12.4. The molecule has 1 amide bonds. The number of halogens is 2. The Morgan fingerprint density at radius 1 is 0.984 bits per heavy atom. The summed E-state index contributed by atoms with van der Waals surface area (Å²) in [5.74, 6) is 1.80. The Labute approximate surface area is 376 Å². The van der Waals surface area contributed by atoms with E-state index in [1.807, 2.05) is 90.5 Å². The Morgan fingerprint density at radius 3 is 2.41 bits per heavy atom. The smallest absolute Gasteiger partial charge is 0.251 e. The van der Waals surface area contributed by atoms with Crippen molar-refractivity contribution in [3.63, 3.8) is 0 Å². The van der Waals surface area contributed by atoms with Gasteiger partial charge in [-0.1, -0.05) is 84.7 Å². The normalized spacial score (nSPS) is 14.7. The van der Waals surface area contributed by atoms with Crippen molar-refractivity contribution in [2.45, 2.75) is 38.1 Å². The summed E-state index contributed by atoms with van der Waals surface area (Å²) < 4.78 is 3.55. The molecule has 13 nitrogen and oxygen atoms in total. The van der Waals surface area contributed by atoms with E-state index < -0.39 is 5.54 Å². The molecule has 1 aliphatic heterocycles. The van der Waals surface area contributed by atoms with Crippen LogP contribution in [0.4, 0.5) is 17.3 Å². The number of anilines is 3. The number of amides is 1. The topological polar surface area (TPSA) is 172 Å². The van der Waals surface area contributed by atoms with Gasteiger partial charge in [0.15, 0.2) is 0 Å². The lowest BCUT2D eigenvalue weighted by atomic mass is 9.80. The molecule has 1 saturated heterocycles. The van der Waals surface area contributed by atoms with E-state index in [4.69, 9.17) is 39.5 Å². The predicted octanol–water partition coefficient (Wildman–Crippen LogP) is 8.51. The van der Waals surface area contributed by atoms with Crippen molar-refractivity contribution in [2.24, 2.45) is 30.9 Å². The van der Waals surface area contributed by atoms with E-state index in [0.29, 0.717) is 39.6 Å². The molecule has 4 heterocycles. The number of nitrogen functional groups attached to an aromatic ring is 1. The van der Waals surface area contributed by atoms with Crippen LogP contribution in [-0.4, -0.2) is 56.4 Å². The number of nitrogens with one attached hydrogen (secondary N) is 1. The van der Waals surface area contributed by atoms with Crippen LogP contribution in [0.2, 0.25) is 10.0 Å². The molecule has 324 valence electrons. The maximum Gasteiger partial charge on any atom is 0.251 e. The number of imidazole rings is 1. The minimum Gasteiger partial charge on any atom is -0.399 e. The highest BCUT2D eigenvalue weighted by atomic mass is 35.5. The number of aryl methyl sites for hydroxylation is 2. The van der Waals surface area contributed by atoms with E-state index >= 15 is 0 Å². The van der Waals surface area contributed by atoms with Crippen molar-refractivity contribution in [2.75, 3.05) is 36.1 Å². The van der Waals surface area contributed by atoms with Gasteiger partial charge in [0, 0.05) is 60.8 Å². The third kappa shape index (κ3) is 9.76. The fraction of sp³-hybridized carbons (Fsp3) is 0.250. The summed E-state index contributed by atoms with van der Waals surface area (Å²) in [5.41, 5.74) is 19.8. The van der Waals surface area contributed by atoms with Crippen molar-refractivity contribution in [3.8, 4) is 11.1 Å². The molecule has 3 aromatic heterocycles. The zero-order chi connectivity index (χ0) is 44.8. The van der Waals surface area contributed by atoms with Gasteiger partial charge in [-0.15, -0.1) is 0 Å². The van der Waals surface area contributed by atoms with Gasteiger partial charge < -0.3 is 35.7 Å². The van der Waals surface area contributed by atoms with Crippen LogP contribution in [0.1, 0.15) is 60.6 Å². The number of carbonyl (C=O) groups is 1. The minimum absolute atomic E-state index is 0.0255. The molecule has 15 heteroatoms. The zero-order valence-electron chi connectivity index (χ0n) is 35.8. The van der Waals surface area contributed by atoms with E-state index in [1.54, 1.807) is 30.2 Å². The Hall–Kier alpha value is -6.54. The molecule has 1 aliphatic rings. The Morgan fingerprint density at radius 2 is 1.73 bits per heavy atom. The molecule has 0 aliphatic carbocycles. The molecule has 0 saturated carbocycles. The number of carbonyl (C=O) groups excluding carboxylic acids is 1. The number of benzene rings is 4. The lowest BCUT2D eigenvalue weighted by molar-refractivity contribution is -0.116. The van der Waals surface area contributed by atoms with Crippen molar-refractivity contribution >= 4 is 63.5 Å². The fourth-order valence-corrected chi connectivity index (χ4v) is 8.33. The maximum atomic E-state index is 12.8. The van der Waals surface area contributed by atoms with Crippen LogP contribution in [0.3, 0.4) is 0 Å². The van der Waals surface area contributed by atoms with Gasteiger partial charge in [0.25, 0.3) is 5.56 Å². The molecule has 2 atom stereocenters. The predicted molar refractivity (Wildman–Crippen MR) is 254 cm³/mol. The van der Waals surface area contributed by atoms with Crippen LogP contribution in [0.15, 0.2) is 126 Å². The van der Waals surface area contributed by atoms with Crippen LogP contribution >= 0.6 is 23.2 Å². The van der Waals surface area contributed by atoms with Gasteiger partial charge in [0.2, 0.25) is 5.91 Å². The van der Waals surface area contributed by atoms with Crippen molar-refractivity contribution in [1.82, 2.24) is 24.1 Å². The summed E-state index contributed by atoms with van der Waals surface area (Å²) in [6, 6.07) is 30.6. The number of fused-ring (bicyclic) bond motifs is 1. The summed E-state index contributed by atoms with van der Waals surface area (Å²) in [6.45, 7) is 5.82. The second kappa shape index (κ2) is 19.2. The number of hydrogen-bond donors (Lipinski definition) is 3. The molecule has 1 fully saturated rings. The van der Waals surface area contributed by atoms with Crippen LogP contribution in [0.25, 0.3) is 22.0 Å². The molecule has 0 radical (unpaired) electrons. The quantitative estimate of drug-likeness (QED) is 0.0851. The van der Waals surface area contributed by atoms with Gasteiger partial charge in [-0.2, -0.15) is 0 Å². The lowest BCUT2D eigenvalue weighted by Gasteiger charge is -2.31. The minimum atomic E-state index is -1.01. The van der Waals surface area contributed by atoms with E-state index in [0.717, 1.165) is 64.0 Å². The Bertz CT molecular complexity index is 2820.